The van der Waals surface area contributed by atoms with Gasteiger partial charge >= 0.3 is 0 Å². The van der Waals surface area contributed by atoms with Crippen LogP contribution in [-0.2, 0) is 26.0 Å². The van der Waals surface area contributed by atoms with E-state index in [1.807, 2.05) is 4.90 Å². The minimum absolute atomic E-state index is 0.0990. The van der Waals surface area contributed by atoms with Crippen molar-refractivity contribution >= 4 is 27.3 Å². The van der Waals surface area contributed by atoms with Crippen LogP contribution in [0.2, 0.25) is 0 Å². The number of likely N-dealkylation sites (tertiary alicyclic amines) is 1. The van der Waals surface area contributed by atoms with Gasteiger partial charge in [-0.05, 0) is 31.4 Å². The Bertz CT molecular complexity index is 644. The van der Waals surface area contributed by atoms with E-state index in [4.69, 9.17) is 4.74 Å². The number of carbonyl (C=O) groups is 1. The molecule has 3 heterocycles. The molecule has 1 aromatic heterocycles. The monoisotopic (exact) mass is 358 g/mol. The second-order valence-corrected chi connectivity index (χ2v) is 9.19. The maximum Gasteiger partial charge on any atom is 0.252 e. The molecule has 0 radical (unpaired) electrons. The second-order valence-electron chi connectivity index (χ2n) is 5.86. The van der Waals surface area contributed by atoms with Gasteiger partial charge in [0.25, 0.3) is 10.0 Å². The summed E-state index contributed by atoms with van der Waals surface area (Å²) in [5, 5.41) is 0. The second kappa shape index (κ2) is 7.29. The number of ether oxygens (including phenoxy) is 1. The van der Waals surface area contributed by atoms with Crippen LogP contribution in [0.4, 0.5) is 0 Å². The van der Waals surface area contributed by atoms with Crippen molar-refractivity contribution in [1.82, 2.24) is 9.21 Å². The third-order valence-electron chi connectivity index (χ3n) is 4.24. The van der Waals surface area contributed by atoms with Crippen molar-refractivity contribution in [3.8, 4) is 0 Å². The first kappa shape index (κ1) is 16.9. The molecule has 128 valence electrons. The number of sulfonamides is 1. The van der Waals surface area contributed by atoms with Gasteiger partial charge in [0.15, 0.2) is 0 Å². The van der Waals surface area contributed by atoms with Crippen molar-refractivity contribution in [2.24, 2.45) is 0 Å². The molecule has 0 bridgehead atoms. The number of piperidine rings is 1. The largest absolute Gasteiger partial charge is 0.379 e. The molecule has 6 nitrogen and oxygen atoms in total. The first-order chi connectivity index (χ1) is 11.1. The number of hydrogen-bond donors (Lipinski definition) is 0. The maximum absolute atomic E-state index is 12.6. The molecular weight excluding hydrogens is 336 g/mol. The summed E-state index contributed by atoms with van der Waals surface area (Å²) < 4.78 is 32.1. The normalized spacial score (nSPS) is 20.6. The zero-order valence-corrected chi connectivity index (χ0v) is 14.7. The Morgan fingerprint density at radius 3 is 2.48 bits per heavy atom. The third-order valence-corrected chi connectivity index (χ3v) is 7.69. The van der Waals surface area contributed by atoms with Gasteiger partial charge in [-0.3, -0.25) is 4.79 Å². The number of morpholine rings is 1. The minimum Gasteiger partial charge on any atom is -0.379 e. The predicted molar refractivity (Wildman–Crippen MR) is 88.0 cm³/mol. The predicted octanol–water partition coefficient (Wildman–Crippen LogP) is 1.32. The van der Waals surface area contributed by atoms with E-state index in [9.17, 15) is 13.2 Å². The smallest absolute Gasteiger partial charge is 0.252 e. The van der Waals surface area contributed by atoms with Crippen molar-refractivity contribution in [1.29, 1.82) is 0 Å². The molecule has 8 heteroatoms. The molecule has 0 aliphatic carbocycles. The van der Waals surface area contributed by atoms with E-state index in [-0.39, 0.29) is 5.91 Å². The van der Waals surface area contributed by atoms with Crippen LogP contribution in [0.1, 0.15) is 24.1 Å². The van der Waals surface area contributed by atoms with E-state index in [1.165, 1.54) is 22.1 Å². The summed E-state index contributed by atoms with van der Waals surface area (Å²) in [6.07, 6.45) is 3.60. The Hall–Kier alpha value is -0.960. The highest BCUT2D eigenvalue weighted by molar-refractivity contribution is 7.91. The average molecular weight is 358 g/mol. The fourth-order valence-electron chi connectivity index (χ4n) is 2.91. The van der Waals surface area contributed by atoms with Gasteiger partial charge in [-0.1, -0.05) is 0 Å². The van der Waals surface area contributed by atoms with Crippen LogP contribution >= 0.6 is 11.3 Å². The molecule has 2 aliphatic rings. The molecule has 23 heavy (non-hydrogen) atoms. The Balaban J connectivity index is 1.66. The maximum atomic E-state index is 12.6. The summed E-state index contributed by atoms with van der Waals surface area (Å²) in [6, 6.07) is 3.38. The highest BCUT2D eigenvalue weighted by Gasteiger charge is 2.28. The Labute approximate surface area is 141 Å². The van der Waals surface area contributed by atoms with Crippen LogP contribution in [0.25, 0.3) is 0 Å². The number of rotatable bonds is 4. The van der Waals surface area contributed by atoms with Crippen molar-refractivity contribution in [2.45, 2.75) is 29.9 Å². The van der Waals surface area contributed by atoms with Crippen molar-refractivity contribution < 1.29 is 17.9 Å². The van der Waals surface area contributed by atoms with E-state index in [0.717, 1.165) is 30.8 Å². The third kappa shape index (κ3) is 3.93. The van der Waals surface area contributed by atoms with E-state index >= 15 is 0 Å². The van der Waals surface area contributed by atoms with E-state index in [1.54, 1.807) is 12.1 Å². The van der Waals surface area contributed by atoms with Crippen molar-refractivity contribution in [2.75, 3.05) is 39.4 Å². The molecule has 1 aromatic rings. The first-order valence-corrected chi connectivity index (χ1v) is 10.3. The standard InChI is InChI=1S/C15H22N2O4S2/c18-14(16-6-2-1-3-7-16)12-13-4-5-15(22-13)23(19,20)17-8-10-21-11-9-17/h4-5H,1-3,6-12H2. The zero-order chi connectivity index (χ0) is 16.3. The lowest BCUT2D eigenvalue weighted by Gasteiger charge is -2.26. The van der Waals surface area contributed by atoms with Crippen LogP contribution in [0.15, 0.2) is 16.3 Å². The quantitative estimate of drug-likeness (QED) is 0.814. The van der Waals surface area contributed by atoms with E-state index in [2.05, 4.69) is 0 Å². The van der Waals surface area contributed by atoms with Gasteiger partial charge in [0.2, 0.25) is 5.91 Å². The first-order valence-electron chi connectivity index (χ1n) is 8.02. The highest BCUT2D eigenvalue weighted by Crippen LogP contribution is 2.26. The molecule has 1 amide bonds. The SMILES string of the molecule is O=C(Cc1ccc(S(=O)(=O)N2CCOCC2)s1)N1CCCCC1. The summed E-state index contributed by atoms with van der Waals surface area (Å²) in [5.74, 6) is 0.0990. The Morgan fingerprint density at radius 1 is 1.09 bits per heavy atom. The molecule has 2 aliphatic heterocycles. The van der Waals surface area contributed by atoms with Gasteiger partial charge in [0.1, 0.15) is 4.21 Å². The molecule has 3 rings (SSSR count). The fourth-order valence-corrected chi connectivity index (χ4v) is 5.82. The summed E-state index contributed by atoms with van der Waals surface area (Å²) in [6.45, 7) is 3.30. The molecule has 0 aromatic carbocycles. The lowest BCUT2D eigenvalue weighted by molar-refractivity contribution is -0.131. The topological polar surface area (TPSA) is 66.9 Å². The fraction of sp³-hybridized carbons (Fsp3) is 0.667. The van der Waals surface area contributed by atoms with Crippen LogP contribution in [0.5, 0.6) is 0 Å². The van der Waals surface area contributed by atoms with Gasteiger partial charge in [-0.2, -0.15) is 4.31 Å². The van der Waals surface area contributed by atoms with Crippen LogP contribution in [-0.4, -0.2) is 62.9 Å². The van der Waals surface area contributed by atoms with Crippen LogP contribution in [0.3, 0.4) is 0 Å². The number of nitrogens with zero attached hydrogens (tertiary/aromatic N) is 2. The van der Waals surface area contributed by atoms with Crippen molar-refractivity contribution in [3.63, 3.8) is 0 Å². The summed E-state index contributed by atoms with van der Waals surface area (Å²) in [4.78, 5) is 15.0. The minimum atomic E-state index is -3.45. The number of thiophene rings is 1. The molecule has 0 unspecified atom stereocenters. The Morgan fingerprint density at radius 2 is 1.78 bits per heavy atom. The molecular formula is C15H22N2O4S2. The lowest BCUT2D eigenvalue weighted by atomic mass is 10.1. The van der Waals surface area contributed by atoms with Gasteiger partial charge in [0, 0.05) is 31.1 Å². The van der Waals surface area contributed by atoms with Gasteiger partial charge in [0.05, 0.1) is 19.6 Å². The van der Waals surface area contributed by atoms with Gasteiger partial charge in [-0.15, -0.1) is 11.3 Å². The molecule has 0 atom stereocenters. The molecule has 2 fully saturated rings. The zero-order valence-electron chi connectivity index (χ0n) is 13.1. The summed E-state index contributed by atoms with van der Waals surface area (Å²) in [5.41, 5.74) is 0. The van der Waals surface area contributed by atoms with Crippen molar-refractivity contribution in [3.05, 3.63) is 17.0 Å². The summed E-state index contributed by atoms with van der Waals surface area (Å²) in [7, 11) is -3.45. The number of amides is 1. The van der Waals surface area contributed by atoms with Crippen LogP contribution < -0.4 is 0 Å². The molecule has 0 saturated carbocycles. The number of hydrogen-bond acceptors (Lipinski definition) is 5. The molecule has 2 saturated heterocycles. The van der Waals surface area contributed by atoms with Gasteiger partial charge in [-0.25, -0.2) is 8.42 Å². The average Bonchev–Trinajstić information content (AvgIpc) is 3.06. The highest BCUT2D eigenvalue weighted by atomic mass is 32.2. The van der Waals surface area contributed by atoms with E-state index in [0.29, 0.717) is 36.9 Å². The van der Waals surface area contributed by atoms with Crippen LogP contribution in [0, 0.1) is 0 Å². The molecule has 0 N–H and O–H groups in total. The number of carbonyl (C=O) groups excluding carboxylic acids is 1. The Kier molecular flexibility index (Phi) is 5.35. The summed E-state index contributed by atoms with van der Waals surface area (Å²) >= 11 is 1.21. The van der Waals surface area contributed by atoms with E-state index < -0.39 is 10.0 Å². The molecule has 0 spiro atoms. The van der Waals surface area contributed by atoms with Gasteiger partial charge < -0.3 is 9.64 Å². The lowest BCUT2D eigenvalue weighted by Crippen LogP contribution is -2.40.